The van der Waals surface area contributed by atoms with Gasteiger partial charge in [-0.25, -0.2) is 9.18 Å². The fraction of sp³-hybridized carbons (Fsp3) is 0.350. The Hall–Kier alpha value is -3.16. The molecule has 1 atom stereocenters. The number of fused-ring (bicyclic) bond motifs is 1. The minimum Gasteiger partial charge on any atom is -0.442 e. The number of nitrogens with one attached hydrogen (secondary N) is 1. The van der Waals surface area contributed by atoms with E-state index in [1.165, 1.54) is 11.0 Å². The first-order valence-corrected chi connectivity index (χ1v) is 9.26. The van der Waals surface area contributed by atoms with Crippen LogP contribution in [0.15, 0.2) is 36.7 Å². The summed E-state index contributed by atoms with van der Waals surface area (Å²) in [5, 5.41) is 2.70. The first-order valence-electron chi connectivity index (χ1n) is 9.26. The second kappa shape index (κ2) is 7.46. The number of ether oxygens (including phenoxy) is 1. The molecule has 1 aromatic heterocycles. The Balaban J connectivity index is 1.45. The first kappa shape index (κ1) is 18.2. The van der Waals surface area contributed by atoms with E-state index in [1.807, 2.05) is 11.0 Å². The zero-order valence-electron chi connectivity index (χ0n) is 15.5. The van der Waals surface area contributed by atoms with Crippen LogP contribution < -0.4 is 15.1 Å². The van der Waals surface area contributed by atoms with Crippen molar-refractivity contribution in [3.8, 4) is 0 Å². The lowest BCUT2D eigenvalue weighted by molar-refractivity contribution is -0.121. The Kier molecular flexibility index (Phi) is 4.85. The van der Waals surface area contributed by atoms with E-state index in [-0.39, 0.29) is 19.0 Å². The van der Waals surface area contributed by atoms with E-state index in [2.05, 4.69) is 10.3 Å². The lowest BCUT2D eigenvalue weighted by Crippen LogP contribution is -2.34. The maximum atomic E-state index is 14.8. The molecule has 28 heavy (non-hydrogen) atoms. The molecule has 1 aromatic carbocycles. The number of anilines is 2. The Labute approximate surface area is 162 Å². The number of cyclic esters (lactones) is 1. The van der Waals surface area contributed by atoms with E-state index in [0.29, 0.717) is 30.9 Å². The first-order chi connectivity index (χ1) is 13.5. The van der Waals surface area contributed by atoms with Gasteiger partial charge in [-0.15, -0.1) is 0 Å². The van der Waals surface area contributed by atoms with Gasteiger partial charge in [-0.05, 0) is 35.4 Å². The number of hydrogen-bond donors (Lipinski definition) is 1. The van der Waals surface area contributed by atoms with Gasteiger partial charge in [0.15, 0.2) is 0 Å². The van der Waals surface area contributed by atoms with Crippen molar-refractivity contribution in [1.82, 2.24) is 10.3 Å². The number of carbonyl (C=O) groups excluding carboxylic acids is 2. The number of aromatic nitrogens is 1. The molecule has 146 valence electrons. The molecule has 1 fully saturated rings. The van der Waals surface area contributed by atoms with Crippen LogP contribution in [0.2, 0.25) is 0 Å². The average molecular weight is 384 g/mol. The highest BCUT2D eigenvalue weighted by atomic mass is 19.1. The molecule has 1 N–H and O–H groups in total. The summed E-state index contributed by atoms with van der Waals surface area (Å²) in [4.78, 5) is 31.0. The molecule has 4 rings (SSSR count). The van der Waals surface area contributed by atoms with E-state index in [1.54, 1.807) is 31.5 Å². The largest absolute Gasteiger partial charge is 0.442 e. The summed E-state index contributed by atoms with van der Waals surface area (Å²) >= 11 is 0. The minimum atomic E-state index is -0.539. The van der Waals surface area contributed by atoms with E-state index >= 15 is 0 Å². The number of nitrogens with zero attached hydrogens (tertiary/aromatic N) is 3. The highest BCUT2D eigenvalue weighted by Gasteiger charge is 2.33. The van der Waals surface area contributed by atoms with Crippen LogP contribution in [0.5, 0.6) is 0 Å². The molecule has 0 saturated carbocycles. The molecule has 2 aliphatic rings. The van der Waals surface area contributed by atoms with Crippen LogP contribution in [-0.4, -0.2) is 36.2 Å². The molecular formula is C20H21FN4O3. The Morgan fingerprint density at radius 1 is 1.32 bits per heavy atom. The monoisotopic (exact) mass is 384 g/mol. The molecular weight excluding hydrogens is 363 g/mol. The predicted octanol–water partition coefficient (Wildman–Crippen LogP) is 2.59. The van der Waals surface area contributed by atoms with Crippen LogP contribution in [0, 0.1) is 5.82 Å². The van der Waals surface area contributed by atoms with Crippen LogP contribution in [0.4, 0.5) is 20.6 Å². The fourth-order valence-electron chi connectivity index (χ4n) is 3.50. The summed E-state index contributed by atoms with van der Waals surface area (Å²) in [6, 6.07) is 6.70. The van der Waals surface area contributed by atoms with Crippen molar-refractivity contribution in [2.45, 2.75) is 32.5 Å². The summed E-state index contributed by atoms with van der Waals surface area (Å²) in [5.41, 5.74) is 3.15. The second-order valence-electron chi connectivity index (χ2n) is 6.91. The molecule has 0 aliphatic carbocycles. The van der Waals surface area contributed by atoms with E-state index in [9.17, 15) is 14.0 Å². The number of carbonyl (C=O) groups is 2. The van der Waals surface area contributed by atoms with Crippen molar-refractivity contribution in [3.05, 3.63) is 53.6 Å². The summed E-state index contributed by atoms with van der Waals surface area (Å²) in [6.45, 7) is 3.49. The van der Waals surface area contributed by atoms with E-state index in [4.69, 9.17) is 4.74 Å². The molecule has 7 nitrogen and oxygen atoms in total. The zero-order valence-corrected chi connectivity index (χ0v) is 15.5. The van der Waals surface area contributed by atoms with Crippen molar-refractivity contribution in [1.29, 1.82) is 0 Å². The average Bonchev–Trinajstić information content (AvgIpc) is 3.29. The highest BCUT2D eigenvalue weighted by molar-refractivity contribution is 5.90. The van der Waals surface area contributed by atoms with Gasteiger partial charge in [-0.2, -0.15) is 0 Å². The quantitative estimate of drug-likeness (QED) is 0.858. The summed E-state index contributed by atoms with van der Waals surface area (Å²) in [6.07, 6.45) is 2.92. The van der Waals surface area contributed by atoms with Gasteiger partial charge in [0.2, 0.25) is 5.91 Å². The molecule has 0 bridgehead atoms. The molecule has 0 radical (unpaired) electrons. The molecule has 0 spiro atoms. The standard InChI is InChI=1S/C20H21FN4O3/c1-2-19(26)23-9-16-12-25(20(27)28-16)15-3-4-18(17(21)7-15)24-10-13-5-6-22-8-14(13)11-24/h3-8,16H,2,9-12H2,1H3,(H,23,26)/t16-/m0/s1. The molecule has 0 unspecified atom stereocenters. The molecule has 8 heteroatoms. The molecule has 2 aromatic rings. The zero-order chi connectivity index (χ0) is 19.7. The maximum Gasteiger partial charge on any atom is 0.414 e. The van der Waals surface area contributed by atoms with E-state index in [0.717, 1.165) is 11.1 Å². The number of benzene rings is 1. The van der Waals surface area contributed by atoms with Crippen molar-refractivity contribution < 1.29 is 18.7 Å². The minimum absolute atomic E-state index is 0.105. The Bertz CT molecular complexity index is 895. The van der Waals surface area contributed by atoms with Crippen molar-refractivity contribution in [2.75, 3.05) is 22.9 Å². The van der Waals surface area contributed by atoms with Crippen LogP contribution in [-0.2, 0) is 22.6 Å². The molecule has 1 saturated heterocycles. The maximum absolute atomic E-state index is 14.8. The van der Waals surface area contributed by atoms with Gasteiger partial charge in [0.1, 0.15) is 11.9 Å². The topological polar surface area (TPSA) is 74.8 Å². The van der Waals surface area contributed by atoms with Gasteiger partial charge in [0.25, 0.3) is 0 Å². The number of hydrogen-bond acceptors (Lipinski definition) is 5. The summed E-state index contributed by atoms with van der Waals surface area (Å²) in [7, 11) is 0. The lowest BCUT2D eigenvalue weighted by Gasteiger charge is -2.20. The number of pyridine rings is 1. The third-order valence-electron chi connectivity index (χ3n) is 5.03. The predicted molar refractivity (Wildman–Crippen MR) is 101 cm³/mol. The molecule has 2 amide bonds. The second-order valence-corrected chi connectivity index (χ2v) is 6.91. The number of rotatable bonds is 5. The van der Waals surface area contributed by atoms with Crippen LogP contribution >= 0.6 is 0 Å². The number of amides is 2. The van der Waals surface area contributed by atoms with Gasteiger partial charge in [0.05, 0.1) is 24.5 Å². The van der Waals surface area contributed by atoms with Crippen LogP contribution in [0.25, 0.3) is 0 Å². The van der Waals surface area contributed by atoms with Gasteiger partial charge in [0, 0.05) is 31.9 Å². The van der Waals surface area contributed by atoms with Crippen molar-refractivity contribution >= 4 is 23.4 Å². The third kappa shape index (κ3) is 3.49. The van der Waals surface area contributed by atoms with Gasteiger partial charge in [-0.1, -0.05) is 6.92 Å². The SMILES string of the molecule is CCC(=O)NC[C@H]1CN(c2ccc(N3Cc4ccncc4C3)c(F)c2)C(=O)O1. The van der Waals surface area contributed by atoms with E-state index < -0.39 is 18.0 Å². The number of halogens is 1. The summed E-state index contributed by atoms with van der Waals surface area (Å²) in [5.74, 6) is -0.500. The molecule has 3 heterocycles. The molecule has 2 aliphatic heterocycles. The van der Waals surface area contributed by atoms with Gasteiger partial charge < -0.3 is 15.0 Å². The summed E-state index contributed by atoms with van der Waals surface area (Å²) < 4.78 is 20.1. The van der Waals surface area contributed by atoms with Crippen LogP contribution in [0.3, 0.4) is 0 Å². The third-order valence-corrected chi connectivity index (χ3v) is 5.03. The smallest absolute Gasteiger partial charge is 0.414 e. The lowest BCUT2D eigenvalue weighted by atomic mass is 10.2. The van der Waals surface area contributed by atoms with Gasteiger partial charge in [-0.3, -0.25) is 14.7 Å². The van der Waals surface area contributed by atoms with Crippen molar-refractivity contribution in [2.24, 2.45) is 0 Å². The fourth-order valence-corrected chi connectivity index (χ4v) is 3.50. The van der Waals surface area contributed by atoms with Gasteiger partial charge >= 0.3 is 6.09 Å². The highest BCUT2D eigenvalue weighted by Crippen LogP contribution is 2.32. The van der Waals surface area contributed by atoms with Crippen molar-refractivity contribution in [3.63, 3.8) is 0 Å². The van der Waals surface area contributed by atoms with Crippen LogP contribution in [0.1, 0.15) is 24.5 Å². The normalized spacial score (nSPS) is 18.2. The Morgan fingerprint density at radius 3 is 2.89 bits per heavy atom. The Morgan fingerprint density at radius 2 is 2.14 bits per heavy atom.